The highest BCUT2D eigenvalue weighted by molar-refractivity contribution is 6.40. The van der Waals surface area contributed by atoms with E-state index in [1.807, 2.05) is 42.5 Å². The summed E-state index contributed by atoms with van der Waals surface area (Å²) in [6.07, 6.45) is 0. The summed E-state index contributed by atoms with van der Waals surface area (Å²) < 4.78 is 2.53. The van der Waals surface area contributed by atoms with E-state index in [2.05, 4.69) is 0 Å². The van der Waals surface area contributed by atoms with Crippen molar-refractivity contribution in [1.29, 1.82) is 0 Å². The molecule has 2 aromatic heterocycles. The molecule has 4 aromatic rings. The molecule has 0 N–H and O–H groups in total. The number of halogens is 1. The largest absolute Gasteiger partial charge is 0.618 e. The van der Waals surface area contributed by atoms with Crippen LogP contribution in [-0.2, 0) is 0 Å². The number of hydrogen-bond acceptors (Lipinski definition) is 2. The molecule has 0 aliphatic heterocycles. The molecule has 0 radical (unpaired) electrons. The van der Waals surface area contributed by atoms with Crippen molar-refractivity contribution in [1.82, 2.24) is 4.73 Å². The SMILES string of the molecule is COn1c2ccccc2c2c1c(Cl)c1ccccc1[n+]2[O-]. The second-order valence-electron chi connectivity index (χ2n) is 4.82. The third-order valence-electron chi connectivity index (χ3n) is 3.76. The van der Waals surface area contributed by atoms with Gasteiger partial charge in [-0.3, -0.25) is 0 Å². The van der Waals surface area contributed by atoms with Crippen molar-refractivity contribution in [2.24, 2.45) is 0 Å². The van der Waals surface area contributed by atoms with Crippen LogP contribution in [0, 0.1) is 5.21 Å². The number of benzene rings is 2. The van der Waals surface area contributed by atoms with E-state index in [1.54, 1.807) is 17.9 Å². The first-order valence-electron chi connectivity index (χ1n) is 6.51. The second-order valence-corrected chi connectivity index (χ2v) is 5.19. The van der Waals surface area contributed by atoms with E-state index in [0.717, 1.165) is 15.6 Å². The fourth-order valence-corrected chi connectivity index (χ4v) is 3.19. The van der Waals surface area contributed by atoms with Gasteiger partial charge in [-0.2, -0.15) is 9.46 Å². The third-order valence-corrected chi connectivity index (χ3v) is 4.14. The van der Waals surface area contributed by atoms with E-state index >= 15 is 0 Å². The molecular formula is C16H11ClN2O2. The monoisotopic (exact) mass is 298 g/mol. The van der Waals surface area contributed by atoms with Crippen LogP contribution in [0.15, 0.2) is 48.5 Å². The molecule has 2 aromatic carbocycles. The number of nitrogens with zero attached hydrogens (tertiary/aromatic N) is 2. The number of para-hydroxylation sites is 2. The van der Waals surface area contributed by atoms with E-state index in [-0.39, 0.29) is 0 Å². The number of aromatic nitrogens is 2. The number of hydrogen-bond donors (Lipinski definition) is 0. The molecule has 104 valence electrons. The normalized spacial score (nSPS) is 11.5. The van der Waals surface area contributed by atoms with Gasteiger partial charge < -0.3 is 10.0 Å². The summed E-state index contributed by atoms with van der Waals surface area (Å²) >= 11 is 6.55. The summed E-state index contributed by atoms with van der Waals surface area (Å²) in [7, 11) is 1.56. The Balaban J connectivity index is 2.41. The first-order valence-corrected chi connectivity index (χ1v) is 6.89. The lowest BCUT2D eigenvalue weighted by Gasteiger charge is -2.08. The molecule has 2 heterocycles. The van der Waals surface area contributed by atoms with Gasteiger partial charge in [0.2, 0.25) is 5.52 Å². The maximum absolute atomic E-state index is 12.8. The zero-order chi connectivity index (χ0) is 14.6. The molecule has 0 spiro atoms. The van der Waals surface area contributed by atoms with Crippen molar-refractivity contribution in [3.63, 3.8) is 0 Å². The van der Waals surface area contributed by atoms with Crippen molar-refractivity contribution >= 4 is 44.4 Å². The van der Waals surface area contributed by atoms with Gasteiger partial charge in [0.25, 0.3) is 5.52 Å². The lowest BCUT2D eigenvalue weighted by atomic mass is 10.1. The van der Waals surface area contributed by atoms with Crippen LogP contribution in [0.1, 0.15) is 0 Å². The molecule has 5 heteroatoms. The predicted molar refractivity (Wildman–Crippen MR) is 83.4 cm³/mol. The van der Waals surface area contributed by atoms with Crippen LogP contribution in [0.4, 0.5) is 0 Å². The molecule has 21 heavy (non-hydrogen) atoms. The van der Waals surface area contributed by atoms with E-state index in [9.17, 15) is 5.21 Å². The number of fused-ring (bicyclic) bond motifs is 4. The lowest BCUT2D eigenvalue weighted by molar-refractivity contribution is -0.547. The molecule has 4 nitrogen and oxygen atoms in total. The first-order chi connectivity index (χ1) is 10.2. The van der Waals surface area contributed by atoms with Crippen LogP contribution in [0.5, 0.6) is 0 Å². The molecule has 0 aliphatic carbocycles. The Morgan fingerprint density at radius 3 is 2.48 bits per heavy atom. The molecule has 4 rings (SSSR count). The summed E-state index contributed by atoms with van der Waals surface area (Å²) in [5.74, 6) is 0. The Kier molecular flexibility index (Phi) is 2.50. The van der Waals surface area contributed by atoms with Gasteiger partial charge in [0, 0.05) is 6.07 Å². The van der Waals surface area contributed by atoms with Crippen molar-refractivity contribution < 1.29 is 9.57 Å². The van der Waals surface area contributed by atoms with Gasteiger partial charge in [-0.05, 0) is 18.2 Å². The summed E-state index contributed by atoms with van der Waals surface area (Å²) in [6.45, 7) is 0. The van der Waals surface area contributed by atoms with Gasteiger partial charge in [-0.1, -0.05) is 35.9 Å². The highest BCUT2D eigenvalue weighted by Gasteiger charge is 2.24. The van der Waals surface area contributed by atoms with Crippen LogP contribution in [0.2, 0.25) is 5.02 Å². The summed E-state index contributed by atoms with van der Waals surface area (Å²) in [4.78, 5) is 5.45. The standard InChI is InChI=1S/C16H11ClN2O2/c1-21-19-13-9-5-3-7-11(13)15-16(19)14(17)10-6-2-4-8-12(10)18(15)20/h2-9H,1H3. The molecule has 0 saturated carbocycles. The average Bonchev–Trinajstić information content (AvgIpc) is 2.87. The van der Waals surface area contributed by atoms with Crippen LogP contribution in [-0.4, -0.2) is 11.8 Å². The first kappa shape index (κ1) is 12.3. The molecule has 0 atom stereocenters. The van der Waals surface area contributed by atoms with Gasteiger partial charge in [0.05, 0.1) is 21.3 Å². The van der Waals surface area contributed by atoms with Gasteiger partial charge in [0.1, 0.15) is 7.11 Å². The fraction of sp³-hybridized carbons (Fsp3) is 0.0625. The maximum atomic E-state index is 12.8. The maximum Gasteiger partial charge on any atom is 0.255 e. The van der Waals surface area contributed by atoms with E-state index in [1.165, 1.54) is 0 Å². The van der Waals surface area contributed by atoms with Crippen LogP contribution in [0.25, 0.3) is 32.8 Å². The van der Waals surface area contributed by atoms with Crippen LogP contribution < -0.4 is 9.57 Å². The summed E-state index contributed by atoms with van der Waals surface area (Å²) in [5.41, 5.74) is 2.48. The number of rotatable bonds is 1. The zero-order valence-electron chi connectivity index (χ0n) is 11.2. The third kappa shape index (κ3) is 1.48. The van der Waals surface area contributed by atoms with Crippen LogP contribution >= 0.6 is 11.6 Å². The van der Waals surface area contributed by atoms with Gasteiger partial charge in [-0.25, -0.2) is 0 Å². The average molecular weight is 299 g/mol. The van der Waals surface area contributed by atoms with Crippen molar-refractivity contribution in [3.05, 3.63) is 58.8 Å². The Bertz CT molecular complexity index is 1010. The quantitative estimate of drug-likeness (QED) is 0.400. The summed E-state index contributed by atoms with van der Waals surface area (Å²) in [5, 5.41) is 14.8. The second kappa shape index (κ2) is 4.27. The van der Waals surface area contributed by atoms with Gasteiger partial charge in [0.15, 0.2) is 5.52 Å². The van der Waals surface area contributed by atoms with Crippen molar-refractivity contribution in [3.8, 4) is 0 Å². The summed E-state index contributed by atoms with van der Waals surface area (Å²) in [6, 6.07) is 14.9. The highest BCUT2D eigenvalue weighted by atomic mass is 35.5. The Morgan fingerprint density at radius 1 is 1.05 bits per heavy atom. The smallest absolute Gasteiger partial charge is 0.255 e. The number of pyridine rings is 1. The highest BCUT2D eigenvalue weighted by Crippen LogP contribution is 2.34. The Labute approximate surface area is 125 Å². The molecule has 0 saturated heterocycles. The molecular weight excluding hydrogens is 288 g/mol. The molecule has 0 unspecified atom stereocenters. The minimum atomic E-state index is 0.519. The van der Waals surface area contributed by atoms with E-state index < -0.39 is 0 Å². The van der Waals surface area contributed by atoms with Gasteiger partial charge >= 0.3 is 0 Å². The predicted octanol–water partition coefficient (Wildman–Crippen LogP) is 3.29. The molecule has 0 fully saturated rings. The minimum absolute atomic E-state index is 0.519. The Hall–Kier alpha value is -2.46. The zero-order valence-corrected chi connectivity index (χ0v) is 12.0. The fourth-order valence-electron chi connectivity index (χ4n) is 2.87. The lowest BCUT2D eigenvalue weighted by Crippen LogP contribution is -2.28. The van der Waals surface area contributed by atoms with E-state index in [4.69, 9.17) is 16.4 Å². The van der Waals surface area contributed by atoms with Gasteiger partial charge in [-0.15, -0.1) is 0 Å². The Morgan fingerprint density at radius 2 is 1.71 bits per heavy atom. The van der Waals surface area contributed by atoms with Crippen molar-refractivity contribution in [2.45, 2.75) is 0 Å². The molecule has 0 aliphatic rings. The van der Waals surface area contributed by atoms with Crippen molar-refractivity contribution in [2.75, 3.05) is 7.11 Å². The molecule has 0 amide bonds. The minimum Gasteiger partial charge on any atom is -0.618 e. The van der Waals surface area contributed by atoms with E-state index in [0.29, 0.717) is 27.0 Å². The topological polar surface area (TPSA) is 41.1 Å². The molecule has 0 bridgehead atoms. The van der Waals surface area contributed by atoms with Crippen LogP contribution in [0.3, 0.4) is 0 Å².